The van der Waals surface area contributed by atoms with E-state index in [0.29, 0.717) is 16.1 Å². The number of benzene rings is 1. The van der Waals surface area contributed by atoms with Crippen LogP contribution < -0.4 is 5.32 Å². The van der Waals surface area contributed by atoms with E-state index in [4.69, 9.17) is 32.7 Å². The molecule has 40 heavy (non-hydrogen) atoms. The van der Waals surface area contributed by atoms with Crippen molar-refractivity contribution in [3.8, 4) is 0 Å². The van der Waals surface area contributed by atoms with Gasteiger partial charge in [-0.3, -0.25) is 4.57 Å². The number of tetrazole rings is 1. The summed E-state index contributed by atoms with van der Waals surface area (Å²) >= 11 is 12.4. The zero-order valence-electron chi connectivity index (χ0n) is 20.1. The maximum absolute atomic E-state index is 12.3. The summed E-state index contributed by atoms with van der Waals surface area (Å²) in [5.74, 6) is 0.127. The lowest BCUT2D eigenvalue weighted by Gasteiger charge is -2.32. The van der Waals surface area contributed by atoms with E-state index in [1.165, 1.54) is 10.9 Å². The second kappa shape index (κ2) is 11.2. The summed E-state index contributed by atoms with van der Waals surface area (Å²) in [6.45, 7) is -1.77. The van der Waals surface area contributed by atoms with Gasteiger partial charge in [-0.05, 0) is 23.7 Å². The molecule has 1 saturated heterocycles. The molecule has 0 bridgehead atoms. The number of aromatic nitrogens is 8. The Hall–Kier alpha value is -2.83. The van der Waals surface area contributed by atoms with Gasteiger partial charge in [0.25, 0.3) is 0 Å². The molecule has 20 heteroatoms. The first-order valence-corrected chi connectivity index (χ1v) is 13.9. The van der Waals surface area contributed by atoms with Gasteiger partial charge in [0, 0.05) is 0 Å². The van der Waals surface area contributed by atoms with Crippen LogP contribution in [-0.4, -0.2) is 102 Å². The van der Waals surface area contributed by atoms with E-state index in [0.717, 1.165) is 0 Å². The first kappa shape index (κ1) is 28.7. The third-order valence-corrected chi connectivity index (χ3v) is 8.24. The molecular weight excluding hydrogens is 596 g/mol. The number of hydrogen-bond acceptors (Lipinski definition) is 13. The molecule has 5 rings (SSSR count). The molecule has 0 radical (unpaired) electrons. The largest absolute Gasteiger partial charge is 0.393 e. The van der Waals surface area contributed by atoms with E-state index in [1.807, 2.05) is 0 Å². The Kier molecular flexibility index (Phi) is 8.04. The number of halogens is 2. The minimum Gasteiger partial charge on any atom is -0.393 e. The van der Waals surface area contributed by atoms with Crippen LogP contribution in [0.1, 0.15) is 12.1 Å². The summed E-state index contributed by atoms with van der Waals surface area (Å²) in [6, 6.07) is 6.93. The predicted molar refractivity (Wildman–Crippen MR) is 137 cm³/mol. The highest BCUT2D eigenvalue weighted by molar-refractivity contribution is 7.53. The maximum Gasteiger partial charge on any atom is 0.359 e. The first-order chi connectivity index (χ1) is 19.0. The molecule has 4 heterocycles. The minimum absolute atomic E-state index is 0.135. The van der Waals surface area contributed by atoms with E-state index >= 15 is 0 Å². The second-order valence-electron chi connectivity index (χ2n) is 8.78. The van der Waals surface area contributed by atoms with Crippen LogP contribution in [-0.2, 0) is 20.5 Å². The summed E-state index contributed by atoms with van der Waals surface area (Å²) in [4.78, 5) is 28.3. The van der Waals surface area contributed by atoms with Crippen LogP contribution in [0.15, 0.2) is 30.5 Å². The molecule has 0 spiro atoms. The number of hydrogen-bond donors (Lipinski definition) is 7. The summed E-state index contributed by atoms with van der Waals surface area (Å²) in [5, 5.41) is 49.6. The lowest BCUT2D eigenvalue weighted by molar-refractivity contribution is -0.109. The fourth-order valence-corrected chi connectivity index (χ4v) is 5.24. The SMILES string of the molecule is O=P(O)(O)[C@@](CO)(Cc1nn[nH]n1)OC[C@H]1O[C@@H](n2ncc3c(Nc4ccccc4Cl)nc(Cl)nc32)[C@H](O)[C@@H]1O. The standard InChI is InChI=1S/C20H22Cl2N9O8P/c21-10-3-1-2-4-11(10)24-16-9-6-23-31(17(9)26-19(22)25-16)18-15(34)14(33)12(39-18)7-38-20(8-32,40(35,36)37)5-13-27-29-30-28-13/h1-4,6,12,14-15,18,32-34H,5,7-8H2,(H,24,25,26)(H2,35,36,37)(H,27,28,29,30)/t12-,14-,15-,18-,20-/m1/s1. The van der Waals surface area contributed by atoms with Crippen LogP contribution in [0.25, 0.3) is 11.0 Å². The van der Waals surface area contributed by atoms with Crippen LogP contribution in [0.3, 0.4) is 0 Å². The lowest BCUT2D eigenvalue weighted by atomic mass is 10.1. The van der Waals surface area contributed by atoms with Gasteiger partial charge < -0.3 is 39.9 Å². The van der Waals surface area contributed by atoms with Gasteiger partial charge in [-0.25, -0.2) is 4.68 Å². The number of anilines is 2. The van der Waals surface area contributed by atoms with Crippen molar-refractivity contribution in [3.05, 3.63) is 46.6 Å². The number of nitrogens with zero attached hydrogens (tertiary/aromatic N) is 7. The molecule has 1 aliphatic rings. The fraction of sp³-hybridized carbons (Fsp3) is 0.400. The van der Waals surface area contributed by atoms with Crippen molar-refractivity contribution in [2.24, 2.45) is 0 Å². The third-order valence-electron chi connectivity index (χ3n) is 6.25. The lowest BCUT2D eigenvalue weighted by Crippen LogP contribution is -2.43. The van der Waals surface area contributed by atoms with Crippen molar-refractivity contribution in [2.75, 3.05) is 18.5 Å². The van der Waals surface area contributed by atoms with E-state index in [1.54, 1.807) is 24.3 Å². The fourth-order valence-electron chi connectivity index (χ4n) is 4.11. The maximum atomic E-state index is 12.3. The van der Waals surface area contributed by atoms with Crippen molar-refractivity contribution < 1.29 is 39.1 Å². The van der Waals surface area contributed by atoms with Crippen molar-refractivity contribution in [2.45, 2.75) is 36.3 Å². The number of ether oxygens (including phenoxy) is 2. The minimum atomic E-state index is -5.14. The molecular formula is C20H22Cl2N9O8P. The Labute approximate surface area is 234 Å². The predicted octanol–water partition coefficient (Wildman–Crippen LogP) is 0.135. The topological polar surface area (TPSA) is 247 Å². The zero-order valence-corrected chi connectivity index (χ0v) is 22.5. The van der Waals surface area contributed by atoms with Crippen molar-refractivity contribution in [1.29, 1.82) is 0 Å². The Morgan fingerprint density at radius 1 is 1.20 bits per heavy atom. The monoisotopic (exact) mass is 617 g/mol. The number of para-hydroxylation sites is 1. The first-order valence-electron chi connectivity index (χ1n) is 11.5. The second-order valence-corrected chi connectivity index (χ2v) is 11.4. The highest BCUT2D eigenvalue weighted by atomic mass is 35.5. The van der Waals surface area contributed by atoms with Crippen LogP contribution in [0.5, 0.6) is 0 Å². The molecule has 0 unspecified atom stereocenters. The number of rotatable bonds is 10. The molecule has 1 fully saturated rings. The zero-order chi connectivity index (χ0) is 28.7. The molecule has 17 nitrogen and oxygen atoms in total. The highest BCUT2D eigenvalue weighted by Gasteiger charge is 2.52. The molecule has 0 aliphatic carbocycles. The third kappa shape index (κ3) is 5.40. The average Bonchev–Trinajstić information content (AvgIpc) is 3.63. The van der Waals surface area contributed by atoms with Gasteiger partial charge in [-0.1, -0.05) is 28.9 Å². The number of nitrogens with one attached hydrogen (secondary N) is 2. The van der Waals surface area contributed by atoms with Crippen LogP contribution >= 0.6 is 30.8 Å². The summed E-state index contributed by atoms with van der Waals surface area (Å²) < 4.78 is 24.7. The van der Waals surface area contributed by atoms with E-state index in [9.17, 15) is 29.7 Å². The van der Waals surface area contributed by atoms with Crippen LogP contribution in [0, 0.1) is 0 Å². The summed E-state index contributed by atoms with van der Waals surface area (Å²) in [7, 11) is -5.14. The van der Waals surface area contributed by atoms with Crippen molar-refractivity contribution >= 4 is 53.3 Å². The Morgan fingerprint density at radius 2 is 1.98 bits per heavy atom. The van der Waals surface area contributed by atoms with Crippen molar-refractivity contribution in [3.63, 3.8) is 0 Å². The number of H-pyrrole nitrogens is 1. The van der Waals surface area contributed by atoms with E-state index in [2.05, 4.69) is 41.0 Å². The highest BCUT2D eigenvalue weighted by Crippen LogP contribution is 2.53. The van der Waals surface area contributed by atoms with Gasteiger partial charge in [0.05, 0.1) is 41.9 Å². The van der Waals surface area contributed by atoms with Crippen LogP contribution in [0.4, 0.5) is 11.5 Å². The van der Waals surface area contributed by atoms with Gasteiger partial charge >= 0.3 is 7.60 Å². The van der Waals surface area contributed by atoms with Gasteiger partial charge in [0.2, 0.25) is 5.28 Å². The Morgan fingerprint density at radius 3 is 2.65 bits per heavy atom. The molecule has 0 saturated carbocycles. The quantitative estimate of drug-likeness (QED) is 0.0922. The smallest absolute Gasteiger partial charge is 0.359 e. The molecule has 5 atom stereocenters. The van der Waals surface area contributed by atoms with E-state index in [-0.39, 0.29) is 22.6 Å². The van der Waals surface area contributed by atoms with Gasteiger partial charge in [0.15, 0.2) is 23.0 Å². The van der Waals surface area contributed by atoms with Gasteiger partial charge in [-0.2, -0.15) is 20.3 Å². The molecule has 1 aliphatic heterocycles. The Balaban J connectivity index is 1.39. The summed E-state index contributed by atoms with van der Waals surface area (Å²) in [5.41, 5.74) is 0.681. The van der Waals surface area contributed by atoms with Gasteiger partial charge in [-0.15, -0.1) is 10.2 Å². The Bertz CT molecular complexity index is 1540. The molecule has 4 aromatic rings. The molecule has 3 aromatic heterocycles. The summed E-state index contributed by atoms with van der Waals surface area (Å²) in [6.07, 6.45) is -4.98. The van der Waals surface area contributed by atoms with Gasteiger partial charge in [0.1, 0.15) is 24.1 Å². The molecule has 214 valence electrons. The number of aliphatic hydroxyl groups is 3. The molecule has 0 amide bonds. The van der Waals surface area contributed by atoms with Crippen molar-refractivity contribution in [1.82, 2.24) is 40.4 Å². The van der Waals surface area contributed by atoms with E-state index < -0.39 is 57.1 Å². The average molecular weight is 618 g/mol. The molecule has 1 aromatic carbocycles. The van der Waals surface area contributed by atoms with Crippen LogP contribution in [0.2, 0.25) is 10.3 Å². The number of fused-ring (bicyclic) bond motifs is 1. The number of aliphatic hydroxyl groups excluding tert-OH is 3. The molecule has 7 N–H and O–H groups in total. The number of aromatic amines is 1. The normalized spacial score (nSPS) is 23.0.